The second-order valence-electron chi connectivity index (χ2n) is 6.86. The van der Waals surface area contributed by atoms with Gasteiger partial charge < -0.3 is 11.5 Å². The van der Waals surface area contributed by atoms with E-state index in [1.54, 1.807) is 6.07 Å². The summed E-state index contributed by atoms with van der Waals surface area (Å²) in [6.45, 7) is 8.05. The zero-order valence-electron chi connectivity index (χ0n) is 17.0. The molecule has 0 heterocycles. The molecule has 2 aromatic carbocycles. The van der Waals surface area contributed by atoms with Gasteiger partial charge in [0.1, 0.15) is 18.0 Å². The van der Waals surface area contributed by atoms with Crippen LogP contribution in [0.15, 0.2) is 22.7 Å². The summed E-state index contributed by atoms with van der Waals surface area (Å²) >= 11 is 3.07. The molecule has 7 heteroatoms. The largest absolute Gasteiger partial charge is 0.398 e. The van der Waals surface area contributed by atoms with Gasteiger partial charge in [-0.2, -0.15) is 10.5 Å². The van der Waals surface area contributed by atoms with Crippen LogP contribution in [-0.4, -0.2) is 0 Å². The third-order valence-electron chi connectivity index (χ3n) is 4.98. The molecule has 4 N–H and O–H groups in total. The maximum Gasteiger partial charge on any atom is 0.157 e. The fourth-order valence-electron chi connectivity index (χ4n) is 2.71. The van der Waals surface area contributed by atoms with Gasteiger partial charge in [-0.05, 0) is 69.9 Å². The Balaban J connectivity index is 0.000000291. The molecule has 154 valence electrons. The Bertz CT molecular complexity index is 961. The molecule has 2 unspecified atom stereocenters. The number of rotatable bonds is 4. The van der Waals surface area contributed by atoms with E-state index in [1.807, 2.05) is 39.8 Å². The van der Waals surface area contributed by atoms with Crippen molar-refractivity contribution in [1.29, 1.82) is 10.5 Å². The van der Waals surface area contributed by atoms with Gasteiger partial charge in [0, 0.05) is 5.69 Å². The molecule has 0 radical (unpaired) electrons. The number of nitrogen functional groups attached to an aromatic ring is 2. The Morgan fingerprint density at radius 3 is 1.90 bits per heavy atom. The average molecular weight is 463 g/mol. The van der Waals surface area contributed by atoms with Crippen LogP contribution in [0.5, 0.6) is 0 Å². The minimum absolute atomic E-state index is 0.0337. The van der Waals surface area contributed by atoms with Crippen molar-refractivity contribution in [3.8, 4) is 12.1 Å². The highest BCUT2D eigenvalue weighted by molar-refractivity contribution is 9.10. The molecule has 2 rings (SSSR count). The minimum atomic E-state index is -0.581. The summed E-state index contributed by atoms with van der Waals surface area (Å²) in [5.74, 6) is -0.657. The van der Waals surface area contributed by atoms with Crippen LogP contribution in [0.25, 0.3) is 0 Å². The highest BCUT2D eigenvalue weighted by atomic mass is 79.9. The van der Waals surface area contributed by atoms with Crippen LogP contribution in [0.4, 0.5) is 20.2 Å². The summed E-state index contributed by atoms with van der Waals surface area (Å²) in [7, 11) is 0. The Morgan fingerprint density at radius 2 is 1.41 bits per heavy atom. The summed E-state index contributed by atoms with van der Waals surface area (Å²) in [6, 6.07) is 7.93. The summed E-state index contributed by atoms with van der Waals surface area (Å²) < 4.78 is 26.7. The maximum atomic E-state index is 13.5. The molecule has 4 nitrogen and oxygen atoms in total. The highest BCUT2D eigenvalue weighted by Crippen LogP contribution is 2.34. The lowest BCUT2D eigenvalue weighted by molar-refractivity contribution is 0.615. The number of hydrogen-bond donors (Lipinski definition) is 2. The van der Waals surface area contributed by atoms with E-state index in [4.69, 9.17) is 22.0 Å². The van der Waals surface area contributed by atoms with Gasteiger partial charge in [-0.15, -0.1) is 0 Å². The Kier molecular flexibility index (Phi) is 9.07. The molecule has 0 saturated heterocycles. The van der Waals surface area contributed by atoms with E-state index in [-0.39, 0.29) is 27.4 Å². The lowest BCUT2D eigenvalue weighted by Crippen LogP contribution is -2.03. The monoisotopic (exact) mass is 462 g/mol. The predicted molar refractivity (Wildman–Crippen MR) is 116 cm³/mol. The van der Waals surface area contributed by atoms with E-state index in [0.29, 0.717) is 11.4 Å². The van der Waals surface area contributed by atoms with Crippen LogP contribution >= 0.6 is 15.9 Å². The average Bonchev–Trinajstić information content (AvgIpc) is 2.72. The van der Waals surface area contributed by atoms with Crippen LogP contribution in [0, 0.1) is 34.3 Å². The van der Waals surface area contributed by atoms with E-state index in [2.05, 4.69) is 15.9 Å². The fourth-order valence-corrected chi connectivity index (χ4v) is 3.15. The normalized spacial score (nSPS) is 12.2. The van der Waals surface area contributed by atoms with Crippen molar-refractivity contribution >= 4 is 27.3 Å². The summed E-state index contributed by atoms with van der Waals surface area (Å²) in [6.07, 6.45) is 1.81. The van der Waals surface area contributed by atoms with E-state index in [9.17, 15) is 8.78 Å². The Morgan fingerprint density at radius 1 is 0.931 bits per heavy atom. The van der Waals surface area contributed by atoms with Gasteiger partial charge in [-0.25, -0.2) is 8.78 Å². The van der Waals surface area contributed by atoms with Crippen LogP contribution < -0.4 is 11.5 Å². The van der Waals surface area contributed by atoms with Gasteiger partial charge in [0.25, 0.3) is 0 Å². The first-order chi connectivity index (χ1) is 13.6. The topological polar surface area (TPSA) is 99.6 Å². The fraction of sp³-hybridized carbons (Fsp3) is 0.364. The predicted octanol–water partition coefficient (Wildman–Crippen LogP) is 6.35. The molecule has 0 bridgehead atoms. The van der Waals surface area contributed by atoms with Crippen molar-refractivity contribution in [2.75, 3.05) is 11.5 Å². The number of nitrogens with two attached hydrogens (primary N) is 2. The molecule has 0 saturated carbocycles. The van der Waals surface area contributed by atoms with Crippen LogP contribution in [0.3, 0.4) is 0 Å². The second-order valence-corrected chi connectivity index (χ2v) is 7.65. The molecular weight excluding hydrogens is 438 g/mol. The number of nitriles is 2. The molecule has 0 aromatic heterocycles. The van der Waals surface area contributed by atoms with Gasteiger partial charge in [-0.1, -0.05) is 27.7 Å². The number of anilines is 2. The van der Waals surface area contributed by atoms with Gasteiger partial charge in [-0.3, -0.25) is 0 Å². The number of halogens is 3. The Labute approximate surface area is 179 Å². The zero-order valence-corrected chi connectivity index (χ0v) is 18.6. The minimum Gasteiger partial charge on any atom is -0.398 e. The van der Waals surface area contributed by atoms with E-state index >= 15 is 0 Å². The van der Waals surface area contributed by atoms with Crippen molar-refractivity contribution < 1.29 is 8.78 Å². The molecule has 2 atom stereocenters. The molecule has 0 fully saturated rings. The second kappa shape index (κ2) is 10.8. The van der Waals surface area contributed by atoms with Crippen molar-refractivity contribution in [3.63, 3.8) is 0 Å². The zero-order chi connectivity index (χ0) is 22.3. The highest BCUT2D eigenvalue weighted by Gasteiger charge is 2.17. The van der Waals surface area contributed by atoms with Gasteiger partial charge in [0.2, 0.25) is 0 Å². The number of hydrogen-bond acceptors (Lipinski definition) is 4. The van der Waals surface area contributed by atoms with Crippen LogP contribution in [0.2, 0.25) is 0 Å². The molecule has 0 aliphatic rings. The SMILES string of the molecule is CCC(C)c1cc(C#N)c(F)c(Br)c1N.CCC(C)c1cc(C#N)c(F)cc1N. The van der Waals surface area contributed by atoms with Crippen molar-refractivity contribution in [2.45, 2.75) is 52.4 Å². The van der Waals surface area contributed by atoms with Crippen molar-refractivity contribution in [3.05, 3.63) is 56.6 Å². The van der Waals surface area contributed by atoms with Gasteiger partial charge >= 0.3 is 0 Å². The van der Waals surface area contributed by atoms with E-state index in [0.717, 1.165) is 24.0 Å². The number of benzene rings is 2. The summed E-state index contributed by atoms with van der Waals surface area (Å²) in [4.78, 5) is 0. The van der Waals surface area contributed by atoms with Gasteiger partial charge in [0.15, 0.2) is 5.82 Å². The molecule has 0 amide bonds. The standard InChI is InChI=1S/C11H12BrFN2.C11H13FN2/c1-3-6(2)8-4-7(5-14)10(13)9(12)11(8)15;1-3-7(2)9-4-8(6-13)10(12)5-11(9)14/h4,6H,3,15H2,1-2H3;4-5,7H,3,14H2,1-2H3. The molecule has 29 heavy (non-hydrogen) atoms. The summed E-state index contributed by atoms with van der Waals surface area (Å²) in [5, 5.41) is 17.4. The first-order valence-corrected chi connectivity index (χ1v) is 10.1. The van der Waals surface area contributed by atoms with E-state index < -0.39 is 11.6 Å². The third-order valence-corrected chi connectivity index (χ3v) is 5.75. The Hall–Kier alpha value is -2.64. The quantitative estimate of drug-likeness (QED) is 0.516. The maximum absolute atomic E-state index is 13.5. The third kappa shape index (κ3) is 5.68. The van der Waals surface area contributed by atoms with Crippen molar-refractivity contribution in [2.24, 2.45) is 0 Å². The molecular formula is C22H25BrF2N4. The summed E-state index contributed by atoms with van der Waals surface area (Å²) in [5.41, 5.74) is 14.0. The van der Waals surface area contributed by atoms with E-state index in [1.165, 1.54) is 12.1 Å². The molecule has 2 aromatic rings. The van der Waals surface area contributed by atoms with Crippen molar-refractivity contribution in [1.82, 2.24) is 0 Å². The lowest BCUT2D eigenvalue weighted by Gasteiger charge is -2.14. The van der Waals surface area contributed by atoms with Crippen LogP contribution in [-0.2, 0) is 0 Å². The first kappa shape index (κ1) is 24.4. The van der Waals surface area contributed by atoms with Gasteiger partial charge in [0.05, 0.1) is 21.3 Å². The first-order valence-electron chi connectivity index (χ1n) is 9.29. The molecule has 0 aliphatic heterocycles. The lowest BCUT2D eigenvalue weighted by atomic mass is 9.95. The number of nitrogens with zero attached hydrogens (tertiary/aromatic N) is 2. The molecule has 0 spiro atoms. The van der Waals surface area contributed by atoms with Crippen LogP contribution in [0.1, 0.15) is 74.6 Å². The molecule has 0 aliphatic carbocycles. The smallest absolute Gasteiger partial charge is 0.157 e.